The van der Waals surface area contributed by atoms with Crippen LogP contribution < -0.4 is 0 Å². The van der Waals surface area contributed by atoms with E-state index in [4.69, 9.17) is 0 Å². The summed E-state index contributed by atoms with van der Waals surface area (Å²) >= 11 is 5.16. The SMILES string of the molecule is [As]SCc1ccc(CS[As])c2ccccc12. The van der Waals surface area contributed by atoms with Crippen molar-refractivity contribution < 1.29 is 0 Å². The van der Waals surface area contributed by atoms with Gasteiger partial charge in [-0.2, -0.15) is 0 Å². The normalized spacial score (nSPS) is 10.9. The van der Waals surface area contributed by atoms with Gasteiger partial charge in [0.1, 0.15) is 0 Å². The van der Waals surface area contributed by atoms with Crippen molar-refractivity contribution in [3.8, 4) is 0 Å². The molecule has 0 aliphatic carbocycles. The molecule has 0 atom stereocenters. The van der Waals surface area contributed by atoms with Gasteiger partial charge in [0.05, 0.1) is 0 Å². The zero-order valence-electron chi connectivity index (χ0n) is 8.59. The van der Waals surface area contributed by atoms with E-state index in [9.17, 15) is 0 Å². The zero-order chi connectivity index (χ0) is 11.4. The number of hydrogen-bond donors (Lipinski definition) is 0. The number of benzene rings is 2. The maximum absolute atomic E-state index is 2.58. The molecule has 0 bridgehead atoms. The van der Waals surface area contributed by atoms with E-state index in [2.05, 4.69) is 67.8 Å². The minimum absolute atomic E-state index is 1.07. The predicted molar refractivity (Wildman–Crippen MR) is 78.0 cm³/mol. The van der Waals surface area contributed by atoms with Crippen LogP contribution in [0.1, 0.15) is 11.1 Å². The first-order chi connectivity index (χ1) is 7.86. The van der Waals surface area contributed by atoms with Gasteiger partial charge in [0.25, 0.3) is 0 Å². The molecular weight excluding hydrogens is 358 g/mol. The van der Waals surface area contributed by atoms with Crippen LogP contribution in [-0.2, 0) is 11.5 Å². The van der Waals surface area contributed by atoms with E-state index in [0.717, 1.165) is 11.5 Å². The van der Waals surface area contributed by atoms with Crippen molar-refractivity contribution in [3.05, 3.63) is 47.5 Å². The van der Waals surface area contributed by atoms with Crippen molar-refractivity contribution in [2.45, 2.75) is 11.5 Å². The summed E-state index contributed by atoms with van der Waals surface area (Å²) in [6.45, 7) is 0. The van der Waals surface area contributed by atoms with Gasteiger partial charge in [-0.3, -0.25) is 0 Å². The quantitative estimate of drug-likeness (QED) is 0.759. The Bertz CT molecular complexity index is 441. The second-order valence-corrected chi connectivity index (χ2v) is 7.82. The molecule has 0 N–H and O–H groups in total. The Morgan fingerprint density at radius 1 is 0.750 bits per heavy atom. The van der Waals surface area contributed by atoms with Crippen LogP contribution in [0.4, 0.5) is 0 Å². The Hall–Kier alpha value is 0.517. The van der Waals surface area contributed by atoms with Crippen molar-refractivity contribution in [3.63, 3.8) is 0 Å². The molecule has 0 spiro atoms. The van der Waals surface area contributed by atoms with Crippen LogP contribution in [0.2, 0.25) is 0 Å². The van der Waals surface area contributed by atoms with Crippen molar-refractivity contribution in [2.24, 2.45) is 0 Å². The molecular formula is C12H10As2S2. The van der Waals surface area contributed by atoms with Gasteiger partial charge >= 0.3 is 121 Å². The molecule has 80 valence electrons. The Kier molecular flexibility index (Phi) is 5.22. The van der Waals surface area contributed by atoms with Crippen LogP contribution in [0.3, 0.4) is 0 Å². The van der Waals surface area contributed by atoms with Gasteiger partial charge in [-0.25, -0.2) is 0 Å². The van der Waals surface area contributed by atoms with Gasteiger partial charge in [-0.05, 0) is 0 Å². The fraction of sp³-hybridized carbons (Fsp3) is 0.167. The standard InChI is InChI=1S/C12H10As2S2/c13-15-7-9-5-6-10(8-16-14)12-4-2-1-3-11(9)12/h1-6H,7-8H2. The first kappa shape index (κ1) is 13.0. The monoisotopic (exact) mass is 368 g/mol. The van der Waals surface area contributed by atoms with E-state index < -0.39 is 0 Å². The summed E-state index contributed by atoms with van der Waals surface area (Å²) < 4.78 is 0. The molecule has 0 amide bonds. The molecule has 4 radical (unpaired) electrons. The molecule has 0 aliphatic heterocycles. The summed E-state index contributed by atoms with van der Waals surface area (Å²) in [5.41, 5.74) is 2.86. The molecule has 0 fully saturated rings. The maximum atomic E-state index is 2.58. The fourth-order valence-corrected chi connectivity index (χ4v) is 4.35. The third-order valence-electron chi connectivity index (χ3n) is 2.54. The molecule has 0 aliphatic rings. The first-order valence-electron chi connectivity index (χ1n) is 4.89. The van der Waals surface area contributed by atoms with Crippen molar-refractivity contribution in [2.75, 3.05) is 0 Å². The third kappa shape index (κ3) is 2.85. The summed E-state index contributed by atoms with van der Waals surface area (Å²) in [5, 5.41) is 2.81. The molecule has 0 heterocycles. The topological polar surface area (TPSA) is 0 Å². The summed E-state index contributed by atoms with van der Waals surface area (Å²) in [6.07, 6.45) is 0. The van der Waals surface area contributed by atoms with Gasteiger partial charge in [-0.1, -0.05) is 0 Å². The van der Waals surface area contributed by atoms with Gasteiger partial charge in [0.2, 0.25) is 0 Å². The Morgan fingerprint density at radius 3 is 1.56 bits per heavy atom. The van der Waals surface area contributed by atoms with Gasteiger partial charge in [0, 0.05) is 0 Å². The average Bonchev–Trinajstić information content (AvgIpc) is 2.33. The van der Waals surface area contributed by atoms with E-state index in [-0.39, 0.29) is 0 Å². The molecule has 2 aromatic rings. The average molecular weight is 368 g/mol. The van der Waals surface area contributed by atoms with Crippen LogP contribution in [-0.4, -0.2) is 31.4 Å². The van der Waals surface area contributed by atoms with Crippen LogP contribution >= 0.6 is 20.0 Å². The van der Waals surface area contributed by atoms with Crippen molar-refractivity contribution in [1.82, 2.24) is 0 Å². The molecule has 2 rings (SSSR count). The Balaban J connectivity index is 2.57. The van der Waals surface area contributed by atoms with Crippen LogP contribution in [0, 0.1) is 0 Å². The molecule has 2 aromatic carbocycles. The van der Waals surface area contributed by atoms with E-state index in [1.165, 1.54) is 21.9 Å². The van der Waals surface area contributed by atoms with Gasteiger partial charge < -0.3 is 0 Å². The summed E-state index contributed by atoms with van der Waals surface area (Å²) in [4.78, 5) is 0. The zero-order valence-corrected chi connectivity index (χ0v) is 14.0. The van der Waals surface area contributed by atoms with Crippen LogP contribution in [0.5, 0.6) is 0 Å². The van der Waals surface area contributed by atoms with Crippen molar-refractivity contribution >= 4 is 62.2 Å². The fourth-order valence-electron chi connectivity index (χ4n) is 1.81. The molecule has 0 aromatic heterocycles. The number of hydrogen-bond acceptors (Lipinski definition) is 2. The molecule has 4 heteroatoms. The van der Waals surface area contributed by atoms with E-state index >= 15 is 0 Å². The second kappa shape index (κ2) is 6.45. The summed E-state index contributed by atoms with van der Waals surface area (Å²) in [7, 11) is 3.64. The molecule has 0 saturated carbocycles. The molecule has 0 unspecified atom stereocenters. The second-order valence-electron chi connectivity index (χ2n) is 3.48. The van der Waals surface area contributed by atoms with Gasteiger partial charge in [-0.15, -0.1) is 0 Å². The summed E-state index contributed by atoms with van der Waals surface area (Å²) in [6, 6.07) is 13.2. The predicted octanol–water partition coefficient (Wildman–Crippen LogP) is 3.47. The molecule has 0 saturated heterocycles. The van der Waals surface area contributed by atoms with Crippen LogP contribution in [0.25, 0.3) is 10.8 Å². The molecule has 16 heavy (non-hydrogen) atoms. The van der Waals surface area contributed by atoms with Crippen molar-refractivity contribution in [1.29, 1.82) is 0 Å². The van der Waals surface area contributed by atoms with E-state index in [1.807, 2.05) is 20.0 Å². The Labute approximate surface area is 120 Å². The first-order valence-corrected chi connectivity index (χ1v) is 11.4. The summed E-state index contributed by atoms with van der Waals surface area (Å²) in [5.74, 6) is 2.13. The van der Waals surface area contributed by atoms with Gasteiger partial charge in [0.15, 0.2) is 0 Å². The van der Waals surface area contributed by atoms with Crippen LogP contribution in [0.15, 0.2) is 36.4 Å². The number of rotatable bonds is 4. The van der Waals surface area contributed by atoms with E-state index in [0.29, 0.717) is 0 Å². The number of fused-ring (bicyclic) bond motifs is 1. The van der Waals surface area contributed by atoms with E-state index in [1.54, 1.807) is 0 Å². The Morgan fingerprint density at radius 2 is 1.19 bits per heavy atom. The minimum atomic E-state index is 1.07. The third-order valence-corrected chi connectivity index (χ3v) is 5.05. The molecule has 0 nitrogen and oxygen atoms in total.